The van der Waals surface area contributed by atoms with Gasteiger partial charge in [-0.15, -0.1) is 0 Å². The number of carbonyl (C=O) groups is 1. The molecule has 0 saturated carbocycles. The first-order valence-electron chi connectivity index (χ1n) is 10.8. The van der Waals surface area contributed by atoms with Gasteiger partial charge >= 0.3 is 0 Å². The minimum Gasteiger partial charge on any atom is -0.381 e. The summed E-state index contributed by atoms with van der Waals surface area (Å²) in [6.07, 6.45) is 6.77. The van der Waals surface area contributed by atoms with Crippen LogP contribution in [0.5, 0.6) is 0 Å². The second-order valence-corrected chi connectivity index (χ2v) is 8.38. The van der Waals surface area contributed by atoms with E-state index in [0.717, 1.165) is 58.9 Å². The molecule has 1 fully saturated rings. The lowest BCUT2D eigenvalue weighted by atomic mass is 9.94. The predicted molar refractivity (Wildman–Crippen MR) is 123 cm³/mol. The first-order valence-corrected chi connectivity index (χ1v) is 10.8. The van der Waals surface area contributed by atoms with Crippen LogP contribution in [0.3, 0.4) is 0 Å². The van der Waals surface area contributed by atoms with Gasteiger partial charge in [0.05, 0.1) is 17.9 Å². The number of aryl methyl sites for hydroxylation is 1. The van der Waals surface area contributed by atoms with Crippen molar-refractivity contribution < 1.29 is 9.53 Å². The van der Waals surface area contributed by atoms with Gasteiger partial charge in [-0.05, 0) is 52.9 Å². The lowest BCUT2D eigenvalue weighted by Gasteiger charge is -2.14. The normalized spacial score (nSPS) is 17.5. The molecule has 7 heteroatoms. The largest absolute Gasteiger partial charge is 0.381 e. The molecule has 0 radical (unpaired) electrons. The van der Waals surface area contributed by atoms with Crippen molar-refractivity contribution in [2.75, 3.05) is 18.5 Å². The lowest BCUT2D eigenvalue weighted by molar-refractivity contribution is 0.0966. The van der Waals surface area contributed by atoms with Crippen molar-refractivity contribution in [2.45, 2.75) is 18.9 Å². The summed E-state index contributed by atoms with van der Waals surface area (Å²) in [5, 5.41) is 7.41. The zero-order valence-corrected chi connectivity index (χ0v) is 17.8. The highest BCUT2D eigenvalue weighted by Crippen LogP contribution is 2.37. The fourth-order valence-electron chi connectivity index (χ4n) is 4.76. The van der Waals surface area contributed by atoms with Gasteiger partial charge in [-0.25, -0.2) is 9.97 Å². The molecule has 0 aliphatic carbocycles. The van der Waals surface area contributed by atoms with Gasteiger partial charge in [0.2, 0.25) is 0 Å². The van der Waals surface area contributed by atoms with Crippen molar-refractivity contribution in [3.63, 3.8) is 0 Å². The van der Waals surface area contributed by atoms with Crippen LogP contribution in [0, 0.1) is 0 Å². The summed E-state index contributed by atoms with van der Waals surface area (Å²) >= 11 is 0. The number of fused-ring (bicyclic) bond motifs is 2. The molecule has 1 atom stereocenters. The number of benzene rings is 1. The Hall–Kier alpha value is -3.71. The van der Waals surface area contributed by atoms with Crippen molar-refractivity contribution >= 4 is 28.4 Å². The number of hydrogen-bond donors (Lipinski definition) is 2. The summed E-state index contributed by atoms with van der Waals surface area (Å²) in [4.78, 5) is 21.8. The van der Waals surface area contributed by atoms with E-state index >= 15 is 0 Å². The molecule has 7 nitrogen and oxygen atoms in total. The summed E-state index contributed by atoms with van der Waals surface area (Å²) in [7, 11) is 1.99. The summed E-state index contributed by atoms with van der Waals surface area (Å²) in [5.74, 6) is 1.07. The third-order valence-corrected chi connectivity index (χ3v) is 6.47. The third-order valence-electron chi connectivity index (χ3n) is 6.47. The molecular formula is C25H23N5O2. The first-order chi connectivity index (χ1) is 15.7. The molecular weight excluding hydrogens is 402 g/mol. The van der Waals surface area contributed by atoms with Gasteiger partial charge in [-0.1, -0.05) is 12.1 Å². The number of pyridine rings is 2. The average Bonchev–Trinajstić information content (AvgIpc) is 3.56. The van der Waals surface area contributed by atoms with Crippen LogP contribution in [0.15, 0.2) is 55.0 Å². The van der Waals surface area contributed by atoms with E-state index < -0.39 is 0 Å². The SMILES string of the molecule is Cn1ccc2c(-c3ccc(Nc4ccc(C5CCOC5)cn4)c4c3CNC4=O)ccnc21. The van der Waals surface area contributed by atoms with Gasteiger partial charge in [0, 0.05) is 50.1 Å². The van der Waals surface area contributed by atoms with Gasteiger partial charge in [0.15, 0.2) is 0 Å². The maximum Gasteiger partial charge on any atom is 0.254 e. The Kier molecular flexibility index (Phi) is 4.43. The number of nitrogens with zero attached hydrogens (tertiary/aromatic N) is 3. The van der Waals surface area contributed by atoms with E-state index in [9.17, 15) is 4.79 Å². The van der Waals surface area contributed by atoms with Crippen molar-refractivity contribution in [2.24, 2.45) is 7.05 Å². The molecule has 0 spiro atoms. The summed E-state index contributed by atoms with van der Waals surface area (Å²) in [5.41, 5.74) is 6.68. The smallest absolute Gasteiger partial charge is 0.254 e. The molecule has 2 aliphatic rings. The summed E-state index contributed by atoms with van der Waals surface area (Å²) in [6.45, 7) is 2.07. The molecule has 1 saturated heterocycles. The molecule has 0 bridgehead atoms. The minimum atomic E-state index is -0.0672. The van der Waals surface area contributed by atoms with E-state index in [0.29, 0.717) is 18.0 Å². The van der Waals surface area contributed by atoms with Gasteiger partial charge in [-0.3, -0.25) is 4.79 Å². The van der Waals surface area contributed by atoms with Crippen LogP contribution in [0.4, 0.5) is 11.5 Å². The molecule has 32 heavy (non-hydrogen) atoms. The Bertz CT molecular complexity index is 1340. The topological polar surface area (TPSA) is 81.1 Å². The summed E-state index contributed by atoms with van der Waals surface area (Å²) in [6, 6.07) is 12.2. The Morgan fingerprint density at radius 1 is 1.12 bits per heavy atom. The number of rotatable bonds is 4. The standard InChI is InChI=1S/C25H23N5O2/c1-30-10-7-19-18(6-9-26-24(19)30)17-3-4-21(23-20(17)13-28-25(23)31)29-22-5-2-15(12-27-22)16-8-11-32-14-16/h2-7,9-10,12,16H,8,11,13-14H2,1H3,(H,27,29)(H,28,31). The Morgan fingerprint density at radius 2 is 2.06 bits per heavy atom. The molecule has 6 rings (SSSR count). The molecule has 3 aromatic heterocycles. The maximum atomic E-state index is 12.8. The molecule has 1 unspecified atom stereocenters. The number of hydrogen-bond acceptors (Lipinski definition) is 5. The van der Waals surface area contributed by atoms with Crippen molar-refractivity contribution in [1.82, 2.24) is 19.9 Å². The first kappa shape index (κ1) is 19.0. The van der Waals surface area contributed by atoms with Gasteiger partial charge in [0.1, 0.15) is 11.5 Å². The molecule has 1 aromatic carbocycles. The monoisotopic (exact) mass is 425 g/mol. The van der Waals surface area contributed by atoms with Gasteiger partial charge in [0.25, 0.3) is 5.91 Å². The summed E-state index contributed by atoms with van der Waals surface area (Å²) < 4.78 is 7.49. The Labute approximate surface area is 185 Å². The van der Waals surface area contributed by atoms with Crippen molar-refractivity contribution in [1.29, 1.82) is 0 Å². The predicted octanol–water partition coefficient (Wildman–Crippen LogP) is 4.13. The number of nitrogens with one attached hydrogen (secondary N) is 2. The third kappa shape index (κ3) is 3.05. The van der Waals surface area contributed by atoms with Crippen LogP contribution in [-0.2, 0) is 18.3 Å². The molecule has 1 amide bonds. The molecule has 5 heterocycles. The highest BCUT2D eigenvalue weighted by Gasteiger charge is 2.27. The fourth-order valence-corrected chi connectivity index (χ4v) is 4.76. The quantitative estimate of drug-likeness (QED) is 0.514. The minimum absolute atomic E-state index is 0.0672. The highest BCUT2D eigenvalue weighted by atomic mass is 16.5. The fraction of sp³-hybridized carbons (Fsp3) is 0.240. The molecule has 2 aliphatic heterocycles. The second kappa shape index (κ2) is 7.46. The van der Waals surface area contributed by atoms with E-state index in [2.05, 4.69) is 38.8 Å². The number of carbonyl (C=O) groups excluding carboxylic acids is 1. The highest BCUT2D eigenvalue weighted by molar-refractivity contribution is 6.07. The van der Waals surface area contributed by atoms with Crippen molar-refractivity contribution in [3.8, 4) is 11.1 Å². The van der Waals surface area contributed by atoms with Gasteiger partial charge < -0.3 is 19.9 Å². The van der Waals surface area contributed by atoms with E-state index in [1.54, 1.807) is 0 Å². The number of amides is 1. The van der Waals surface area contributed by atoms with E-state index in [1.165, 1.54) is 5.56 Å². The second-order valence-electron chi connectivity index (χ2n) is 8.38. The van der Waals surface area contributed by atoms with Crippen LogP contribution in [0.2, 0.25) is 0 Å². The van der Waals surface area contributed by atoms with Crippen LogP contribution in [-0.4, -0.2) is 33.7 Å². The van der Waals surface area contributed by atoms with Gasteiger partial charge in [-0.2, -0.15) is 0 Å². The molecule has 4 aromatic rings. The number of ether oxygens (including phenoxy) is 1. The van der Waals surface area contributed by atoms with Crippen LogP contribution in [0.1, 0.15) is 33.8 Å². The van der Waals surface area contributed by atoms with E-state index in [4.69, 9.17) is 4.74 Å². The Morgan fingerprint density at radius 3 is 2.88 bits per heavy atom. The van der Waals surface area contributed by atoms with Crippen LogP contribution < -0.4 is 10.6 Å². The Balaban J connectivity index is 1.37. The average molecular weight is 425 g/mol. The zero-order chi connectivity index (χ0) is 21.7. The van der Waals surface area contributed by atoms with Crippen molar-refractivity contribution in [3.05, 3.63) is 71.7 Å². The molecule has 160 valence electrons. The zero-order valence-electron chi connectivity index (χ0n) is 17.8. The lowest BCUT2D eigenvalue weighted by Crippen LogP contribution is -2.13. The molecule has 2 N–H and O–H groups in total. The number of anilines is 2. The van der Waals surface area contributed by atoms with E-state index in [1.807, 2.05) is 48.4 Å². The van der Waals surface area contributed by atoms with Crippen LogP contribution >= 0.6 is 0 Å². The van der Waals surface area contributed by atoms with Crippen LogP contribution in [0.25, 0.3) is 22.2 Å². The maximum absolute atomic E-state index is 12.8. The number of aromatic nitrogens is 3. The van der Waals surface area contributed by atoms with E-state index in [-0.39, 0.29) is 5.91 Å².